The van der Waals surface area contributed by atoms with Gasteiger partial charge in [0.25, 0.3) is 11.5 Å². The summed E-state index contributed by atoms with van der Waals surface area (Å²) < 4.78 is 12.4. The van der Waals surface area contributed by atoms with Crippen LogP contribution in [-0.4, -0.2) is 35.0 Å². The first-order valence-corrected chi connectivity index (χ1v) is 10.3. The Balaban J connectivity index is 2.01. The highest BCUT2D eigenvalue weighted by Crippen LogP contribution is 2.34. The summed E-state index contributed by atoms with van der Waals surface area (Å²) >= 11 is 6.02. The molecule has 0 aliphatic rings. The van der Waals surface area contributed by atoms with E-state index in [1.165, 1.54) is 11.8 Å². The molecule has 2 aromatic carbocycles. The molecule has 0 radical (unpaired) electrons. The predicted molar refractivity (Wildman–Crippen MR) is 121 cm³/mol. The standard InChI is InChI=1S/C23H21ClN4O4/c1-12-19-21(32-27-12)20(17-11-15(22(29)25-3)7-10-18(17)31-4)26-28(23(19)30)13(2)14-5-8-16(24)9-6-14/h5-11,13H,1-4H3,(H,25,29). The Hall–Kier alpha value is -3.65. The third kappa shape index (κ3) is 3.62. The van der Waals surface area contributed by atoms with Crippen LogP contribution in [0.4, 0.5) is 0 Å². The van der Waals surface area contributed by atoms with Crippen molar-refractivity contribution in [1.82, 2.24) is 20.3 Å². The zero-order valence-electron chi connectivity index (χ0n) is 18.0. The Labute approximate surface area is 188 Å². The van der Waals surface area contributed by atoms with E-state index in [0.717, 1.165) is 5.56 Å². The molecule has 4 rings (SSSR count). The third-order valence-corrected chi connectivity index (χ3v) is 5.62. The van der Waals surface area contributed by atoms with Crippen molar-refractivity contribution in [2.24, 2.45) is 0 Å². The molecule has 164 valence electrons. The van der Waals surface area contributed by atoms with Crippen molar-refractivity contribution < 1.29 is 14.1 Å². The number of benzene rings is 2. The molecule has 1 unspecified atom stereocenters. The summed E-state index contributed by atoms with van der Waals surface area (Å²) in [6, 6.07) is 11.8. The molecular formula is C23H21ClN4O4. The van der Waals surface area contributed by atoms with Crippen LogP contribution < -0.4 is 15.6 Å². The lowest BCUT2D eigenvalue weighted by Gasteiger charge is -2.17. The van der Waals surface area contributed by atoms with E-state index < -0.39 is 6.04 Å². The number of hydrogen-bond donors (Lipinski definition) is 1. The van der Waals surface area contributed by atoms with Gasteiger partial charge in [-0.05, 0) is 49.7 Å². The molecule has 0 saturated carbocycles. The molecule has 8 nitrogen and oxygen atoms in total. The smallest absolute Gasteiger partial charge is 0.280 e. The molecule has 2 heterocycles. The van der Waals surface area contributed by atoms with E-state index in [-0.39, 0.29) is 17.0 Å². The highest BCUT2D eigenvalue weighted by molar-refractivity contribution is 6.30. The topological polar surface area (TPSA) is 99.2 Å². The molecule has 0 aliphatic carbocycles. The van der Waals surface area contributed by atoms with Gasteiger partial charge in [-0.25, -0.2) is 4.68 Å². The predicted octanol–water partition coefficient (Wildman–Crippen LogP) is 3.99. The number of carbonyl (C=O) groups excluding carboxylic acids is 1. The number of aromatic nitrogens is 3. The van der Waals surface area contributed by atoms with Gasteiger partial charge in [0.2, 0.25) is 5.58 Å². The number of ether oxygens (including phenoxy) is 1. The summed E-state index contributed by atoms with van der Waals surface area (Å²) in [4.78, 5) is 25.6. The molecule has 2 aromatic heterocycles. The normalized spacial score (nSPS) is 12.0. The SMILES string of the molecule is CNC(=O)c1ccc(OC)c(-c2nn(C(C)c3ccc(Cl)cc3)c(=O)c3c(C)noc23)c1. The third-order valence-electron chi connectivity index (χ3n) is 5.37. The quantitative estimate of drug-likeness (QED) is 0.491. The maximum atomic E-state index is 13.3. The molecule has 0 bridgehead atoms. The van der Waals surface area contributed by atoms with Crippen LogP contribution in [0.5, 0.6) is 5.75 Å². The Morgan fingerprint density at radius 1 is 1.22 bits per heavy atom. The van der Waals surface area contributed by atoms with Crippen molar-refractivity contribution in [2.45, 2.75) is 19.9 Å². The summed E-state index contributed by atoms with van der Waals surface area (Å²) in [6.07, 6.45) is 0. The van der Waals surface area contributed by atoms with E-state index in [9.17, 15) is 9.59 Å². The maximum absolute atomic E-state index is 13.3. The van der Waals surface area contributed by atoms with Crippen LogP contribution in [0.1, 0.15) is 34.6 Å². The first-order valence-electron chi connectivity index (χ1n) is 9.90. The van der Waals surface area contributed by atoms with Gasteiger partial charge in [-0.1, -0.05) is 28.9 Å². The lowest BCUT2D eigenvalue weighted by molar-refractivity contribution is 0.0963. The van der Waals surface area contributed by atoms with Crippen molar-refractivity contribution in [3.05, 3.63) is 74.7 Å². The summed E-state index contributed by atoms with van der Waals surface area (Å²) in [6.45, 7) is 3.57. The van der Waals surface area contributed by atoms with Gasteiger partial charge < -0.3 is 14.6 Å². The molecular weight excluding hydrogens is 432 g/mol. The Kier molecular flexibility index (Phi) is 5.71. The average molecular weight is 453 g/mol. The summed E-state index contributed by atoms with van der Waals surface area (Å²) in [5.41, 5.74) is 2.49. The van der Waals surface area contributed by atoms with Crippen LogP contribution in [0, 0.1) is 6.92 Å². The van der Waals surface area contributed by atoms with Gasteiger partial charge in [0, 0.05) is 23.2 Å². The van der Waals surface area contributed by atoms with Gasteiger partial charge in [0.15, 0.2) is 0 Å². The van der Waals surface area contributed by atoms with Crippen LogP contribution in [0.15, 0.2) is 51.8 Å². The van der Waals surface area contributed by atoms with Gasteiger partial charge >= 0.3 is 0 Å². The number of carbonyl (C=O) groups is 1. The first kappa shape index (κ1) is 21.6. The molecule has 32 heavy (non-hydrogen) atoms. The fourth-order valence-corrected chi connectivity index (χ4v) is 3.72. The number of hydrogen-bond acceptors (Lipinski definition) is 6. The minimum absolute atomic E-state index is 0.236. The average Bonchev–Trinajstić information content (AvgIpc) is 3.20. The number of nitrogens with zero attached hydrogens (tertiary/aromatic N) is 3. The highest BCUT2D eigenvalue weighted by Gasteiger charge is 2.24. The van der Waals surface area contributed by atoms with Crippen molar-refractivity contribution in [3.63, 3.8) is 0 Å². The van der Waals surface area contributed by atoms with E-state index in [0.29, 0.717) is 38.7 Å². The number of aryl methyl sites for hydroxylation is 1. The van der Waals surface area contributed by atoms with E-state index >= 15 is 0 Å². The molecule has 0 spiro atoms. The number of nitrogens with one attached hydrogen (secondary N) is 1. The highest BCUT2D eigenvalue weighted by atomic mass is 35.5. The van der Waals surface area contributed by atoms with Gasteiger partial charge in [-0.2, -0.15) is 5.10 Å². The summed E-state index contributed by atoms with van der Waals surface area (Å²) in [5.74, 6) is 0.214. The van der Waals surface area contributed by atoms with E-state index in [2.05, 4.69) is 15.6 Å². The fourth-order valence-electron chi connectivity index (χ4n) is 3.60. The van der Waals surface area contributed by atoms with E-state index in [1.54, 1.807) is 44.3 Å². The number of rotatable bonds is 5. The molecule has 0 aliphatic heterocycles. The van der Waals surface area contributed by atoms with Crippen LogP contribution in [0.2, 0.25) is 5.02 Å². The maximum Gasteiger partial charge on any atom is 0.280 e. The molecule has 4 aromatic rings. The molecule has 0 saturated heterocycles. The number of halogens is 1. The number of methoxy groups -OCH3 is 1. The molecule has 1 amide bonds. The number of fused-ring (bicyclic) bond motifs is 1. The molecule has 1 N–H and O–H groups in total. The van der Waals surface area contributed by atoms with Crippen LogP contribution in [0.25, 0.3) is 22.2 Å². The Morgan fingerprint density at radius 3 is 2.59 bits per heavy atom. The molecule has 0 fully saturated rings. The van der Waals surface area contributed by atoms with Gasteiger partial charge in [-0.3, -0.25) is 9.59 Å². The number of amides is 1. The largest absolute Gasteiger partial charge is 0.496 e. The second kappa shape index (κ2) is 8.47. The van der Waals surface area contributed by atoms with Crippen LogP contribution in [0.3, 0.4) is 0 Å². The Morgan fingerprint density at radius 2 is 1.94 bits per heavy atom. The van der Waals surface area contributed by atoms with E-state index in [1.807, 2.05) is 19.1 Å². The van der Waals surface area contributed by atoms with E-state index in [4.69, 9.17) is 20.9 Å². The lowest BCUT2D eigenvalue weighted by atomic mass is 10.0. The second-order valence-corrected chi connectivity index (χ2v) is 7.73. The Bertz CT molecular complexity index is 1380. The van der Waals surface area contributed by atoms with Gasteiger partial charge in [-0.15, -0.1) is 0 Å². The second-order valence-electron chi connectivity index (χ2n) is 7.29. The first-order chi connectivity index (χ1) is 15.3. The van der Waals surface area contributed by atoms with Crippen LogP contribution >= 0.6 is 11.6 Å². The van der Waals surface area contributed by atoms with Gasteiger partial charge in [0.05, 0.1) is 18.8 Å². The minimum Gasteiger partial charge on any atom is -0.496 e. The molecule has 9 heteroatoms. The minimum atomic E-state index is -0.398. The monoisotopic (exact) mass is 452 g/mol. The summed E-state index contributed by atoms with van der Waals surface area (Å²) in [5, 5.41) is 12.2. The van der Waals surface area contributed by atoms with Crippen molar-refractivity contribution in [1.29, 1.82) is 0 Å². The molecule has 1 atom stereocenters. The van der Waals surface area contributed by atoms with Crippen molar-refractivity contribution in [2.75, 3.05) is 14.2 Å². The van der Waals surface area contributed by atoms with Crippen LogP contribution in [-0.2, 0) is 0 Å². The zero-order chi connectivity index (χ0) is 23.0. The lowest BCUT2D eigenvalue weighted by Crippen LogP contribution is -2.27. The fraction of sp³-hybridized carbons (Fsp3) is 0.217. The van der Waals surface area contributed by atoms with Crippen molar-refractivity contribution >= 4 is 28.5 Å². The van der Waals surface area contributed by atoms with Gasteiger partial charge in [0.1, 0.15) is 16.8 Å². The summed E-state index contributed by atoms with van der Waals surface area (Å²) in [7, 11) is 3.07. The van der Waals surface area contributed by atoms with Crippen molar-refractivity contribution in [3.8, 4) is 17.0 Å². The zero-order valence-corrected chi connectivity index (χ0v) is 18.7.